The summed E-state index contributed by atoms with van der Waals surface area (Å²) in [4.78, 5) is 25.9. The summed E-state index contributed by atoms with van der Waals surface area (Å²) in [5.41, 5.74) is 11.4. The highest BCUT2D eigenvalue weighted by Crippen LogP contribution is 2.25. The van der Waals surface area contributed by atoms with Crippen LogP contribution in [0, 0.1) is 5.92 Å². The summed E-state index contributed by atoms with van der Waals surface area (Å²) in [6, 6.07) is 1.66. The molecule has 4 N–H and O–H groups in total. The van der Waals surface area contributed by atoms with Gasteiger partial charge in [0.25, 0.3) is 5.91 Å². The quantitative estimate of drug-likeness (QED) is 0.884. The van der Waals surface area contributed by atoms with E-state index in [1.807, 2.05) is 4.90 Å². The summed E-state index contributed by atoms with van der Waals surface area (Å²) in [7, 11) is 0. The predicted molar refractivity (Wildman–Crippen MR) is 82.4 cm³/mol. The van der Waals surface area contributed by atoms with Crippen LogP contribution < -0.4 is 11.5 Å². The fraction of sp³-hybridized carbons (Fsp3) is 0.538. The van der Waals surface area contributed by atoms with Crippen molar-refractivity contribution in [2.45, 2.75) is 25.8 Å². The van der Waals surface area contributed by atoms with Crippen LogP contribution in [0.25, 0.3) is 0 Å². The fourth-order valence-corrected chi connectivity index (χ4v) is 3.31. The van der Waals surface area contributed by atoms with Gasteiger partial charge in [-0.2, -0.15) is 0 Å². The highest BCUT2D eigenvalue weighted by molar-refractivity contribution is 7.12. The first-order valence-corrected chi connectivity index (χ1v) is 7.30. The molecule has 1 saturated heterocycles. The van der Waals surface area contributed by atoms with Crippen LogP contribution in [0.2, 0.25) is 0 Å². The molecule has 5 nitrogen and oxygen atoms in total. The van der Waals surface area contributed by atoms with E-state index in [2.05, 4.69) is 6.92 Å². The van der Waals surface area contributed by atoms with Gasteiger partial charge in [-0.25, -0.2) is 0 Å². The Labute approximate surface area is 128 Å². The van der Waals surface area contributed by atoms with E-state index in [-0.39, 0.29) is 24.4 Å². The Hall–Kier alpha value is -1.11. The molecule has 0 saturated carbocycles. The van der Waals surface area contributed by atoms with E-state index in [0.29, 0.717) is 22.9 Å². The number of carbonyl (C=O) groups is 2. The Bertz CT molecular complexity index is 492. The molecule has 1 aliphatic rings. The lowest BCUT2D eigenvalue weighted by Gasteiger charge is -2.37. The van der Waals surface area contributed by atoms with E-state index in [1.165, 1.54) is 11.3 Å². The van der Waals surface area contributed by atoms with Crippen LogP contribution in [0.15, 0.2) is 11.4 Å². The summed E-state index contributed by atoms with van der Waals surface area (Å²) in [6.45, 7) is 3.39. The van der Waals surface area contributed by atoms with E-state index >= 15 is 0 Å². The molecule has 1 fully saturated rings. The molecule has 112 valence electrons. The molecular weight excluding hydrogens is 298 g/mol. The van der Waals surface area contributed by atoms with Crippen molar-refractivity contribution in [3.05, 3.63) is 21.9 Å². The number of halogens is 1. The van der Waals surface area contributed by atoms with Crippen LogP contribution in [-0.4, -0.2) is 35.8 Å². The molecule has 20 heavy (non-hydrogen) atoms. The van der Waals surface area contributed by atoms with E-state index < -0.39 is 5.91 Å². The second kappa shape index (κ2) is 7.06. The van der Waals surface area contributed by atoms with Gasteiger partial charge >= 0.3 is 0 Å². The average Bonchev–Trinajstić information content (AvgIpc) is 2.87. The second-order valence-corrected chi connectivity index (χ2v) is 5.99. The number of primary amides is 1. The van der Waals surface area contributed by atoms with Gasteiger partial charge in [-0.05, 0) is 24.8 Å². The number of nitrogens with zero attached hydrogens (tertiary/aromatic N) is 1. The smallest absolute Gasteiger partial charge is 0.264 e. The molecule has 1 aromatic rings. The molecule has 2 amide bonds. The fourth-order valence-electron chi connectivity index (χ4n) is 2.46. The van der Waals surface area contributed by atoms with Crippen molar-refractivity contribution in [1.82, 2.24) is 4.90 Å². The summed E-state index contributed by atoms with van der Waals surface area (Å²) < 4.78 is 0. The minimum Gasteiger partial charge on any atom is -0.366 e. The van der Waals surface area contributed by atoms with Crippen molar-refractivity contribution in [3.63, 3.8) is 0 Å². The number of likely N-dealkylation sites (tertiary alicyclic amines) is 1. The first kappa shape index (κ1) is 16.9. The van der Waals surface area contributed by atoms with Crippen LogP contribution in [0.4, 0.5) is 0 Å². The Kier molecular flexibility index (Phi) is 5.98. The van der Waals surface area contributed by atoms with Gasteiger partial charge < -0.3 is 16.4 Å². The third-order valence-corrected chi connectivity index (χ3v) is 4.52. The summed E-state index contributed by atoms with van der Waals surface area (Å²) in [5.74, 6) is 0.0555. The first-order valence-electron chi connectivity index (χ1n) is 6.42. The molecule has 2 heterocycles. The number of nitrogens with two attached hydrogens (primary N) is 2. The average molecular weight is 318 g/mol. The van der Waals surface area contributed by atoms with Gasteiger partial charge in [0.2, 0.25) is 5.91 Å². The Morgan fingerprint density at radius 1 is 1.50 bits per heavy atom. The molecule has 1 aromatic heterocycles. The zero-order valence-electron chi connectivity index (χ0n) is 11.4. The van der Waals surface area contributed by atoms with E-state index in [9.17, 15) is 9.59 Å². The molecule has 0 radical (unpaired) electrons. The van der Waals surface area contributed by atoms with Crippen LogP contribution >= 0.6 is 23.7 Å². The number of hydrogen-bond acceptors (Lipinski definition) is 4. The van der Waals surface area contributed by atoms with Gasteiger partial charge in [0.15, 0.2) is 0 Å². The number of rotatable bonds is 3. The van der Waals surface area contributed by atoms with Crippen molar-refractivity contribution in [2.24, 2.45) is 17.4 Å². The normalized spacial score (nSPS) is 22.2. The predicted octanol–water partition coefficient (Wildman–Crippen LogP) is 1.47. The topological polar surface area (TPSA) is 89.4 Å². The lowest BCUT2D eigenvalue weighted by Crippen LogP contribution is -2.49. The minimum absolute atomic E-state index is 0. The van der Waals surface area contributed by atoms with Crippen LogP contribution in [-0.2, 0) is 0 Å². The van der Waals surface area contributed by atoms with Crippen molar-refractivity contribution in [1.29, 1.82) is 0 Å². The maximum atomic E-state index is 12.4. The minimum atomic E-state index is -0.502. The molecule has 1 aliphatic heterocycles. The van der Waals surface area contributed by atoms with E-state index in [4.69, 9.17) is 11.5 Å². The molecule has 7 heteroatoms. The van der Waals surface area contributed by atoms with Gasteiger partial charge in [0, 0.05) is 24.5 Å². The number of thiophene rings is 1. The molecule has 2 unspecified atom stereocenters. The molecular formula is C13H20ClN3O2S. The van der Waals surface area contributed by atoms with Crippen molar-refractivity contribution in [2.75, 3.05) is 13.1 Å². The molecule has 2 rings (SSSR count). The van der Waals surface area contributed by atoms with Crippen LogP contribution in [0.3, 0.4) is 0 Å². The van der Waals surface area contributed by atoms with Gasteiger partial charge in [-0.3, -0.25) is 9.59 Å². The monoisotopic (exact) mass is 317 g/mol. The molecule has 0 aliphatic carbocycles. The molecule has 2 atom stereocenters. The number of piperidine rings is 1. The lowest BCUT2D eigenvalue weighted by molar-refractivity contribution is 0.0578. The summed E-state index contributed by atoms with van der Waals surface area (Å²) in [5, 5.41) is 1.62. The van der Waals surface area contributed by atoms with E-state index in [1.54, 1.807) is 11.4 Å². The van der Waals surface area contributed by atoms with Crippen LogP contribution in [0.1, 0.15) is 39.8 Å². The Morgan fingerprint density at radius 3 is 2.75 bits per heavy atom. The molecule has 0 aromatic carbocycles. The van der Waals surface area contributed by atoms with Gasteiger partial charge in [-0.15, -0.1) is 23.7 Å². The summed E-state index contributed by atoms with van der Waals surface area (Å²) in [6.07, 6.45) is 1.94. The van der Waals surface area contributed by atoms with Crippen molar-refractivity contribution < 1.29 is 9.59 Å². The molecule has 0 bridgehead atoms. The lowest BCUT2D eigenvalue weighted by atomic mass is 9.92. The number of carbonyl (C=O) groups excluding carboxylic acids is 2. The number of amides is 2. The second-order valence-electron chi connectivity index (χ2n) is 5.08. The van der Waals surface area contributed by atoms with Crippen molar-refractivity contribution in [3.8, 4) is 0 Å². The van der Waals surface area contributed by atoms with Crippen molar-refractivity contribution >= 4 is 35.6 Å². The van der Waals surface area contributed by atoms with Gasteiger partial charge in [0.05, 0.1) is 10.4 Å². The third-order valence-electron chi connectivity index (χ3n) is 3.61. The highest BCUT2D eigenvalue weighted by atomic mass is 35.5. The SMILES string of the molecule is CC1CCN(C(=O)c2cc(C(N)=O)cs2)C(CN)C1.Cl. The number of hydrogen-bond donors (Lipinski definition) is 2. The largest absolute Gasteiger partial charge is 0.366 e. The standard InChI is InChI=1S/C13H19N3O2S.ClH/c1-8-2-3-16(10(4-8)6-14)13(18)11-5-9(7-19-11)12(15)17;/h5,7-8,10H,2-4,6,14H2,1H3,(H2,15,17);1H. The highest BCUT2D eigenvalue weighted by Gasteiger charge is 2.30. The van der Waals surface area contributed by atoms with E-state index in [0.717, 1.165) is 19.4 Å². The zero-order chi connectivity index (χ0) is 14.0. The molecule has 0 spiro atoms. The Morgan fingerprint density at radius 2 is 2.20 bits per heavy atom. The summed E-state index contributed by atoms with van der Waals surface area (Å²) >= 11 is 1.26. The van der Waals surface area contributed by atoms with Crippen LogP contribution in [0.5, 0.6) is 0 Å². The zero-order valence-corrected chi connectivity index (χ0v) is 13.0. The maximum absolute atomic E-state index is 12.4. The Balaban J connectivity index is 0.00000200. The maximum Gasteiger partial charge on any atom is 0.264 e. The third kappa shape index (κ3) is 3.50. The van der Waals surface area contributed by atoms with Gasteiger partial charge in [-0.1, -0.05) is 6.92 Å². The van der Waals surface area contributed by atoms with Gasteiger partial charge in [0.1, 0.15) is 0 Å². The first-order chi connectivity index (χ1) is 9.02.